The molecule has 96 valence electrons. The average molecular weight is 262 g/mol. The molecule has 0 saturated heterocycles. The lowest BCUT2D eigenvalue weighted by molar-refractivity contribution is 0.580. The highest BCUT2D eigenvalue weighted by Crippen LogP contribution is 2.43. The molecule has 5 heteroatoms. The summed E-state index contributed by atoms with van der Waals surface area (Å²) < 4.78 is 1.92. The first-order chi connectivity index (χ1) is 8.72. The summed E-state index contributed by atoms with van der Waals surface area (Å²) in [4.78, 5) is 6.07. The average Bonchev–Trinajstić information content (AvgIpc) is 2.91. The van der Waals surface area contributed by atoms with Crippen molar-refractivity contribution in [3.63, 3.8) is 0 Å². The van der Waals surface area contributed by atoms with E-state index in [0.29, 0.717) is 5.92 Å². The molecule has 0 aliphatic heterocycles. The topological polar surface area (TPSA) is 42.7 Å². The predicted molar refractivity (Wildman–Crippen MR) is 75.2 cm³/mol. The van der Waals surface area contributed by atoms with Gasteiger partial charge in [-0.3, -0.25) is 4.68 Å². The van der Waals surface area contributed by atoms with Gasteiger partial charge in [0.2, 0.25) is 0 Å². The second-order valence-corrected chi connectivity index (χ2v) is 5.92. The second-order valence-electron chi connectivity index (χ2n) is 4.83. The summed E-state index contributed by atoms with van der Waals surface area (Å²) in [5.74, 6) is 0.559. The number of nitrogens with zero attached hydrogens (tertiary/aromatic N) is 3. The molecule has 3 rings (SSSR count). The maximum atomic E-state index is 4.67. The molecular formula is C13H18N4S. The molecule has 0 fully saturated rings. The second kappa shape index (κ2) is 4.39. The van der Waals surface area contributed by atoms with Crippen molar-refractivity contribution in [2.45, 2.75) is 32.1 Å². The molecule has 0 spiro atoms. The van der Waals surface area contributed by atoms with Crippen LogP contribution in [-0.2, 0) is 13.5 Å². The van der Waals surface area contributed by atoms with E-state index in [-0.39, 0.29) is 0 Å². The molecule has 2 aromatic heterocycles. The molecule has 1 aliphatic carbocycles. The molecule has 1 atom stereocenters. The minimum absolute atomic E-state index is 0.559. The molecule has 0 amide bonds. The number of aromatic nitrogens is 3. The zero-order valence-corrected chi connectivity index (χ0v) is 11.8. The molecule has 1 aliphatic rings. The van der Waals surface area contributed by atoms with Crippen molar-refractivity contribution in [3.8, 4) is 11.3 Å². The molecular weight excluding hydrogens is 244 g/mol. The Morgan fingerprint density at radius 2 is 2.39 bits per heavy atom. The molecule has 4 nitrogen and oxygen atoms in total. The zero-order chi connectivity index (χ0) is 12.7. The summed E-state index contributed by atoms with van der Waals surface area (Å²) in [6.07, 6.45) is 5.60. The Hall–Kier alpha value is -1.36. The van der Waals surface area contributed by atoms with Crippen LogP contribution in [-0.4, -0.2) is 21.8 Å². The third-order valence-corrected chi connectivity index (χ3v) is 4.57. The van der Waals surface area contributed by atoms with Gasteiger partial charge in [-0.15, -0.1) is 11.3 Å². The lowest BCUT2D eigenvalue weighted by atomic mass is 9.87. The normalized spacial score (nSPS) is 17.4. The Bertz CT molecular complexity index is 570. The van der Waals surface area contributed by atoms with Crippen LogP contribution in [0.2, 0.25) is 0 Å². The highest BCUT2D eigenvalue weighted by Gasteiger charge is 2.30. The summed E-state index contributed by atoms with van der Waals surface area (Å²) >= 11 is 1.78. The summed E-state index contributed by atoms with van der Waals surface area (Å²) in [6.45, 7) is 2.24. The van der Waals surface area contributed by atoms with E-state index in [1.165, 1.54) is 29.0 Å². The number of hydrogen-bond donors (Lipinski definition) is 1. The minimum atomic E-state index is 0.559. The van der Waals surface area contributed by atoms with Crippen LogP contribution in [0, 0.1) is 0 Å². The number of nitrogens with one attached hydrogen (secondary N) is 1. The van der Waals surface area contributed by atoms with E-state index in [2.05, 4.69) is 28.5 Å². The van der Waals surface area contributed by atoms with Crippen LogP contribution in [0.3, 0.4) is 0 Å². The van der Waals surface area contributed by atoms with Crippen LogP contribution in [0.15, 0.2) is 6.20 Å². The van der Waals surface area contributed by atoms with Gasteiger partial charge in [-0.25, -0.2) is 4.98 Å². The van der Waals surface area contributed by atoms with Gasteiger partial charge < -0.3 is 5.32 Å². The van der Waals surface area contributed by atoms with Crippen LogP contribution in [0.25, 0.3) is 11.3 Å². The SMILES string of the molecule is CCCC1Cc2sc(NC)nc2-c2cn(C)nc21. The Labute approximate surface area is 111 Å². The van der Waals surface area contributed by atoms with Gasteiger partial charge in [0.25, 0.3) is 0 Å². The largest absolute Gasteiger partial charge is 0.365 e. The smallest absolute Gasteiger partial charge is 0.183 e. The minimum Gasteiger partial charge on any atom is -0.365 e. The summed E-state index contributed by atoms with van der Waals surface area (Å²) in [7, 11) is 3.92. The van der Waals surface area contributed by atoms with Gasteiger partial charge >= 0.3 is 0 Å². The summed E-state index contributed by atoms with van der Waals surface area (Å²) in [5.41, 5.74) is 3.61. The van der Waals surface area contributed by atoms with Gasteiger partial charge in [0, 0.05) is 36.7 Å². The van der Waals surface area contributed by atoms with Gasteiger partial charge in [-0.2, -0.15) is 5.10 Å². The molecule has 1 unspecified atom stereocenters. The maximum Gasteiger partial charge on any atom is 0.183 e. The van der Waals surface area contributed by atoms with E-state index in [1.807, 2.05) is 18.8 Å². The molecule has 0 saturated carbocycles. The van der Waals surface area contributed by atoms with Crippen molar-refractivity contribution < 1.29 is 0 Å². The number of rotatable bonds is 3. The van der Waals surface area contributed by atoms with Crippen molar-refractivity contribution in [2.24, 2.45) is 7.05 Å². The Morgan fingerprint density at radius 1 is 1.56 bits per heavy atom. The fourth-order valence-corrected chi connectivity index (χ4v) is 3.71. The van der Waals surface area contributed by atoms with Crippen molar-refractivity contribution in [1.82, 2.24) is 14.8 Å². The monoisotopic (exact) mass is 262 g/mol. The fourth-order valence-electron chi connectivity index (χ4n) is 2.70. The van der Waals surface area contributed by atoms with E-state index in [9.17, 15) is 0 Å². The van der Waals surface area contributed by atoms with Crippen LogP contribution < -0.4 is 5.32 Å². The van der Waals surface area contributed by atoms with Crippen LogP contribution in [0.4, 0.5) is 5.13 Å². The molecule has 2 aromatic rings. The third-order valence-electron chi connectivity index (χ3n) is 3.48. The molecule has 0 aromatic carbocycles. The van der Waals surface area contributed by atoms with E-state index >= 15 is 0 Å². The van der Waals surface area contributed by atoms with Gasteiger partial charge in [0.05, 0.1) is 11.4 Å². The standard InChI is InChI=1S/C13H18N4S/c1-4-5-8-6-10-12(15-13(14-2)18-10)9-7-17(3)16-11(8)9/h7-8H,4-6H2,1-3H3,(H,14,15). The van der Waals surface area contributed by atoms with Crippen LogP contribution in [0.1, 0.15) is 36.3 Å². The molecule has 18 heavy (non-hydrogen) atoms. The number of thiazole rings is 1. The van der Waals surface area contributed by atoms with E-state index in [0.717, 1.165) is 17.2 Å². The van der Waals surface area contributed by atoms with Crippen molar-refractivity contribution in [2.75, 3.05) is 12.4 Å². The Kier molecular flexibility index (Phi) is 2.86. The highest BCUT2D eigenvalue weighted by molar-refractivity contribution is 7.16. The zero-order valence-electron chi connectivity index (χ0n) is 11.0. The van der Waals surface area contributed by atoms with E-state index in [1.54, 1.807) is 11.3 Å². The number of anilines is 1. The van der Waals surface area contributed by atoms with Gasteiger partial charge in [0.15, 0.2) is 5.13 Å². The van der Waals surface area contributed by atoms with E-state index in [4.69, 9.17) is 0 Å². The number of hydrogen-bond acceptors (Lipinski definition) is 4. The molecule has 2 heterocycles. The fraction of sp³-hybridized carbons (Fsp3) is 0.538. The van der Waals surface area contributed by atoms with Crippen LogP contribution in [0.5, 0.6) is 0 Å². The molecule has 1 N–H and O–H groups in total. The maximum absolute atomic E-state index is 4.67. The lowest BCUT2D eigenvalue weighted by Crippen LogP contribution is -2.09. The van der Waals surface area contributed by atoms with Crippen molar-refractivity contribution in [1.29, 1.82) is 0 Å². The van der Waals surface area contributed by atoms with E-state index < -0.39 is 0 Å². The van der Waals surface area contributed by atoms with Crippen molar-refractivity contribution >= 4 is 16.5 Å². The predicted octanol–water partition coefficient (Wildman–Crippen LogP) is 3.03. The summed E-state index contributed by atoms with van der Waals surface area (Å²) in [6, 6.07) is 0. The quantitative estimate of drug-likeness (QED) is 0.924. The summed E-state index contributed by atoms with van der Waals surface area (Å²) in [5, 5.41) is 8.80. The third kappa shape index (κ3) is 1.73. The molecule has 0 radical (unpaired) electrons. The first kappa shape index (κ1) is 11.7. The first-order valence-electron chi connectivity index (χ1n) is 6.44. The van der Waals surface area contributed by atoms with Gasteiger partial charge in [-0.1, -0.05) is 13.3 Å². The lowest BCUT2D eigenvalue weighted by Gasteiger charge is -2.19. The van der Waals surface area contributed by atoms with Crippen molar-refractivity contribution in [3.05, 3.63) is 16.8 Å². The Balaban J connectivity index is 2.11. The number of aryl methyl sites for hydroxylation is 1. The van der Waals surface area contributed by atoms with Crippen LogP contribution >= 0.6 is 11.3 Å². The number of fused-ring (bicyclic) bond motifs is 3. The highest BCUT2D eigenvalue weighted by atomic mass is 32.1. The van der Waals surface area contributed by atoms with Gasteiger partial charge in [0.1, 0.15) is 0 Å². The van der Waals surface area contributed by atoms with Gasteiger partial charge in [-0.05, 0) is 12.8 Å². The first-order valence-corrected chi connectivity index (χ1v) is 7.26. The Morgan fingerprint density at radius 3 is 3.11 bits per heavy atom. The molecule has 0 bridgehead atoms.